The maximum atomic E-state index is 14.5. The molecule has 182 valence electrons. The third kappa shape index (κ3) is 4.77. The van der Waals surface area contributed by atoms with Crippen molar-refractivity contribution in [2.45, 2.75) is 84.7 Å². The van der Waals surface area contributed by atoms with E-state index in [4.69, 9.17) is 4.18 Å². The predicted molar refractivity (Wildman–Crippen MR) is 127 cm³/mol. The van der Waals surface area contributed by atoms with Crippen LogP contribution in [-0.4, -0.2) is 42.5 Å². The van der Waals surface area contributed by atoms with Crippen LogP contribution in [0.1, 0.15) is 78.2 Å². The number of halogens is 1. The maximum absolute atomic E-state index is 14.5. The van der Waals surface area contributed by atoms with E-state index in [1.807, 2.05) is 6.92 Å². The Bertz CT molecular complexity index is 1180. The third-order valence-corrected chi connectivity index (χ3v) is 7.86. The number of nitrogens with zero attached hydrogens (tertiary/aromatic N) is 1. The van der Waals surface area contributed by atoms with Crippen LogP contribution in [0.2, 0.25) is 0 Å². The second kappa shape index (κ2) is 8.00. The highest BCUT2D eigenvalue weighted by Crippen LogP contribution is 2.53. The average Bonchev–Trinajstić information content (AvgIpc) is 3.05. The summed E-state index contributed by atoms with van der Waals surface area (Å²) in [5, 5.41) is 0.374. The van der Waals surface area contributed by atoms with E-state index in [0.717, 1.165) is 25.5 Å². The standard InChI is InChI=1S/C25H35FN2O4S/c1-15(18-13-27-20-8-7-19(26)23(22(18)20)32-33(6,30)31)9-21(29)28-16(2)10-25(5)12-17(28)11-24(3,4)14-25/h7-8,13,15-17,27H,9-12,14H2,1-6H3. The average molecular weight is 479 g/mol. The molecule has 1 amide bonds. The summed E-state index contributed by atoms with van der Waals surface area (Å²) in [5.41, 5.74) is 1.71. The van der Waals surface area contributed by atoms with Crippen molar-refractivity contribution in [3.63, 3.8) is 0 Å². The van der Waals surface area contributed by atoms with Gasteiger partial charge in [0.1, 0.15) is 0 Å². The van der Waals surface area contributed by atoms with Crippen LogP contribution in [-0.2, 0) is 14.9 Å². The van der Waals surface area contributed by atoms with Gasteiger partial charge >= 0.3 is 10.1 Å². The summed E-state index contributed by atoms with van der Waals surface area (Å²) < 4.78 is 43.0. The number of carbonyl (C=O) groups is 1. The van der Waals surface area contributed by atoms with E-state index in [1.165, 1.54) is 12.5 Å². The van der Waals surface area contributed by atoms with E-state index >= 15 is 0 Å². The lowest BCUT2D eigenvalue weighted by Gasteiger charge is -2.57. The van der Waals surface area contributed by atoms with Crippen LogP contribution >= 0.6 is 0 Å². The summed E-state index contributed by atoms with van der Waals surface area (Å²) in [6.45, 7) is 11.0. The summed E-state index contributed by atoms with van der Waals surface area (Å²) >= 11 is 0. The molecule has 2 aromatic rings. The van der Waals surface area contributed by atoms with Gasteiger partial charge in [-0.2, -0.15) is 8.42 Å². The van der Waals surface area contributed by atoms with E-state index in [9.17, 15) is 17.6 Å². The number of aromatic nitrogens is 1. The fraction of sp³-hybridized carbons (Fsp3) is 0.640. The molecule has 1 aromatic carbocycles. The molecule has 1 aliphatic heterocycles. The Labute approximate surface area is 196 Å². The third-order valence-electron chi connectivity index (χ3n) is 7.39. The molecular weight excluding hydrogens is 443 g/mol. The molecule has 2 aliphatic rings. The van der Waals surface area contributed by atoms with Crippen molar-refractivity contribution in [1.82, 2.24) is 9.88 Å². The van der Waals surface area contributed by atoms with Gasteiger partial charge in [-0.15, -0.1) is 0 Å². The fourth-order valence-corrected chi connectivity index (χ4v) is 7.31. The Morgan fingerprint density at radius 3 is 2.64 bits per heavy atom. The molecule has 2 bridgehead atoms. The molecule has 1 N–H and O–H groups in total. The number of aromatic amines is 1. The smallest absolute Gasteiger partial charge is 0.306 e. The number of piperidine rings is 1. The number of H-pyrrole nitrogens is 1. The molecule has 4 atom stereocenters. The number of nitrogens with one attached hydrogen (secondary N) is 1. The van der Waals surface area contributed by atoms with Crippen LogP contribution in [0.4, 0.5) is 4.39 Å². The molecule has 4 unspecified atom stereocenters. The van der Waals surface area contributed by atoms with Gasteiger partial charge in [-0.3, -0.25) is 4.79 Å². The van der Waals surface area contributed by atoms with Crippen LogP contribution < -0.4 is 4.18 Å². The van der Waals surface area contributed by atoms with Gasteiger partial charge in [0, 0.05) is 35.6 Å². The number of amides is 1. The van der Waals surface area contributed by atoms with Crippen molar-refractivity contribution >= 4 is 26.9 Å². The minimum atomic E-state index is -3.91. The van der Waals surface area contributed by atoms with Crippen molar-refractivity contribution in [1.29, 1.82) is 0 Å². The monoisotopic (exact) mass is 478 g/mol. The number of benzene rings is 1. The normalized spacial score (nSPS) is 28.0. The highest BCUT2D eigenvalue weighted by molar-refractivity contribution is 7.86. The van der Waals surface area contributed by atoms with Gasteiger partial charge in [0.2, 0.25) is 5.91 Å². The van der Waals surface area contributed by atoms with E-state index < -0.39 is 15.9 Å². The quantitative estimate of drug-likeness (QED) is 0.588. The Morgan fingerprint density at radius 1 is 1.27 bits per heavy atom. The summed E-state index contributed by atoms with van der Waals surface area (Å²) in [4.78, 5) is 18.7. The SMILES string of the molecule is CC(CC(=O)N1C(C)CC2(C)CC1CC(C)(C)C2)c1c[nH]c2ccc(F)c(OS(C)(=O)=O)c12. The van der Waals surface area contributed by atoms with Crippen LogP contribution in [0.25, 0.3) is 10.9 Å². The zero-order chi connectivity index (χ0) is 24.3. The first kappa shape index (κ1) is 24.0. The first-order chi connectivity index (χ1) is 15.2. The zero-order valence-corrected chi connectivity index (χ0v) is 21.2. The first-order valence-corrected chi connectivity index (χ1v) is 13.5. The number of rotatable bonds is 5. The topological polar surface area (TPSA) is 79.5 Å². The van der Waals surface area contributed by atoms with E-state index in [2.05, 4.69) is 37.6 Å². The molecule has 33 heavy (non-hydrogen) atoms. The van der Waals surface area contributed by atoms with Gasteiger partial charge in [-0.1, -0.05) is 27.7 Å². The van der Waals surface area contributed by atoms with Crippen LogP contribution in [0, 0.1) is 16.6 Å². The second-order valence-corrected chi connectivity index (χ2v) is 13.1. The van der Waals surface area contributed by atoms with Crippen LogP contribution in [0.15, 0.2) is 18.3 Å². The van der Waals surface area contributed by atoms with Crippen LogP contribution in [0.3, 0.4) is 0 Å². The van der Waals surface area contributed by atoms with E-state index in [0.29, 0.717) is 16.5 Å². The lowest BCUT2D eigenvalue weighted by atomic mass is 9.58. The van der Waals surface area contributed by atoms with Gasteiger partial charge < -0.3 is 14.1 Å². The molecule has 2 fully saturated rings. The van der Waals surface area contributed by atoms with Crippen molar-refractivity contribution in [3.05, 3.63) is 29.7 Å². The minimum Gasteiger partial charge on any atom is -0.379 e. The largest absolute Gasteiger partial charge is 0.379 e. The summed E-state index contributed by atoms with van der Waals surface area (Å²) in [7, 11) is -3.91. The molecule has 0 spiro atoms. The van der Waals surface area contributed by atoms with Gasteiger partial charge in [-0.25, -0.2) is 4.39 Å². The van der Waals surface area contributed by atoms with Gasteiger partial charge in [0.25, 0.3) is 0 Å². The summed E-state index contributed by atoms with van der Waals surface area (Å²) in [5.74, 6) is -1.22. The number of fused-ring (bicyclic) bond motifs is 3. The predicted octanol–water partition coefficient (Wildman–Crippen LogP) is 5.34. The molecule has 1 aromatic heterocycles. The Hall–Kier alpha value is -2.09. The summed E-state index contributed by atoms with van der Waals surface area (Å²) in [6.07, 6.45) is 7.09. The van der Waals surface area contributed by atoms with Crippen molar-refractivity contribution < 1.29 is 21.8 Å². The highest BCUT2D eigenvalue weighted by atomic mass is 32.2. The number of hydrogen-bond donors (Lipinski definition) is 1. The number of carbonyl (C=O) groups excluding carboxylic acids is 1. The molecular formula is C25H35FN2O4S. The van der Waals surface area contributed by atoms with Crippen molar-refractivity contribution in [2.75, 3.05) is 6.26 Å². The Kier molecular flexibility index (Phi) is 5.83. The first-order valence-electron chi connectivity index (χ1n) is 11.7. The maximum Gasteiger partial charge on any atom is 0.306 e. The van der Waals surface area contributed by atoms with Gasteiger partial charge in [0.05, 0.1) is 6.26 Å². The lowest BCUT2D eigenvalue weighted by Crippen LogP contribution is -2.58. The molecule has 4 rings (SSSR count). The molecule has 1 aliphatic carbocycles. The molecule has 1 saturated heterocycles. The minimum absolute atomic E-state index is 0.0936. The highest BCUT2D eigenvalue weighted by Gasteiger charge is 2.49. The van der Waals surface area contributed by atoms with E-state index in [-0.39, 0.29) is 46.9 Å². The van der Waals surface area contributed by atoms with Crippen molar-refractivity contribution in [3.8, 4) is 5.75 Å². The number of likely N-dealkylation sites (tertiary alicyclic amines) is 1. The molecule has 6 nitrogen and oxygen atoms in total. The summed E-state index contributed by atoms with van der Waals surface area (Å²) in [6, 6.07) is 3.13. The van der Waals surface area contributed by atoms with Gasteiger partial charge in [0.15, 0.2) is 11.6 Å². The second-order valence-electron chi connectivity index (χ2n) is 11.5. The van der Waals surface area contributed by atoms with E-state index in [1.54, 1.807) is 12.3 Å². The fourth-order valence-electron chi connectivity index (χ4n) is 6.84. The molecule has 8 heteroatoms. The molecule has 2 heterocycles. The number of hydrogen-bond acceptors (Lipinski definition) is 4. The van der Waals surface area contributed by atoms with Crippen LogP contribution in [0.5, 0.6) is 5.75 Å². The Balaban J connectivity index is 1.62. The molecule has 1 saturated carbocycles. The zero-order valence-electron chi connectivity index (χ0n) is 20.4. The van der Waals surface area contributed by atoms with Gasteiger partial charge in [-0.05, 0) is 67.1 Å². The van der Waals surface area contributed by atoms with Crippen molar-refractivity contribution in [2.24, 2.45) is 10.8 Å². The lowest BCUT2D eigenvalue weighted by molar-refractivity contribution is -0.147. The molecule has 0 radical (unpaired) electrons. The Morgan fingerprint density at radius 2 is 1.97 bits per heavy atom.